The molecule has 0 saturated heterocycles. The van der Waals surface area contributed by atoms with E-state index in [9.17, 15) is 4.79 Å². The maximum Gasteiger partial charge on any atom is 0.187 e. The first-order valence-corrected chi connectivity index (χ1v) is 5.18. The van der Waals surface area contributed by atoms with E-state index in [1.165, 1.54) is 6.20 Å². The minimum Gasteiger partial charge on any atom is -0.292 e. The molecule has 0 unspecified atom stereocenters. The fourth-order valence-electron chi connectivity index (χ4n) is 1.32. The van der Waals surface area contributed by atoms with Crippen LogP contribution < -0.4 is 0 Å². The smallest absolute Gasteiger partial charge is 0.187 e. The van der Waals surface area contributed by atoms with Gasteiger partial charge in [0.25, 0.3) is 0 Å². The van der Waals surface area contributed by atoms with Gasteiger partial charge in [-0.05, 0) is 24.3 Å². The highest BCUT2D eigenvalue weighted by Gasteiger charge is 2.09. The van der Waals surface area contributed by atoms with Crippen molar-refractivity contribution in [3.63, 3.8) is 0 Å². The number of rotatable bonds is 3. The van der Waals surface area contributed by atoms with Gasteiger partial charge in [0.2, 0.25) is 0 Å². The molecular weight excluding hydrogens is 224 g/mol. The summed E-state index contributed by atoms with van der Waals surface area (Å²) >= 11 is 5.78. The maximum absolute atomic E-state index is 11.8. The third-order valence-corrected chi connectivity index (χ3v) is 2.31. The Kier molecular flexibility index (Phi) is 3.27. The quantitative estimate of drug-likeness (QED) is 0.764. The molecule has 0 amide bonds. The monoisotopic (exact) mass is 232 g/mol. The zero-order valence-corrected chi connectivity index (χ0v) is 9.19. The molecule has 0 saturated carbocycles. The summed E-state index contributed by atoms with van der Waals surface area (Å²) in [6.07, 6.45) is 3.43. The van der Waals surface area contributed by atoms with Crippen molar-refractivity contribution in [3.8, 4) is 0 Å². The van der Waals surface area contributed by atoms with Crippen molar-refractivity contribution >= 4 is 17.4 Å². The van der Waals surface area contributed by atoms with Crippen LogP contribution in [0.3, 0.4) is 0 Å². The van der Waals surface area contributed by atoms with Crippen molar-refractivity contribution in [2.45, 2.75) is 6.42 Å². The Bertz CT molecular complexity index is 499. The molecule has 0 bridgehead atoms. The number of hydrogen-bond acceptors (Lipinski definition) is 3. The number of Topliss-reactive ketones (excluding diaryl/α,β-unsaturated/α-hetero) is 1. The molecule has 80 valence electrons. The Hall–Kier alpha value is -1.74. The van der Waals surface area contributed by atoms with Crippen molar-refractivity contribution in [1.29, 1.82) is 0 Å². The molecule has 2 heterocycles. The summed E-state index contributed by atoms with van der Waals surface area (Å²) in [6.45, 7) is 0. The predicted molar refractivity (Wildman–Crippen MR) is 61.5 cm³/mol. The average Bonchev–Trinajstić information content (AvgIpc) is 2.30. The summed E-state index contributed by atoms with van der Waals surface area (Å²) in [5, 5.41) is 0.513. The lowest BCUT2D eigenvalue weighted by Gasteiger charge is -2.00. The van der Waals surface area contributed by atoms with Crippen molar-refractivity contribution in [3.05, 3.63) is 59.1 Å². The molecule has 3 nitrogen and oxygen atoms in total. The van der Waals surface area contributed by atoms with Crippen LogP contribution in [0, 0.1) is 0 Å². The summed E-state index contributed by atoms with van der Waals surface area (Å²) < 4.78 is 0. The minimum atomic E-state index is -0.0822. The third kappa shape index (κ3) is 2.64. The van der Waals surface area contributed by atoms with Crippen LogP contribution in [0.1, 0.15) is 16.2 Å². The Morgan fingerprint density at radius 3 is 2.75 bits per heavy atom. The second-order valence-electron chi connectivity index (χ2n) is 3.28. The molecule has 0 aliphatic heterocycles. The number of nitrogens with zero attached hydrogens (tertiary/aromatic N) is 2. The zero-order chi connectivity index (χ0) is 11.4. The second kappa shape index (κ2) is 4.86. The molecule has 0 aromatic carbocycles. The Morgan fingerprint density at radius 2 is 2.06 bits per heavy atom. The molecule has 0 aliphatic rings. The first-order chi connectivity index (χ1) is 7.75. The van der Waals surface area contributed by atoms with Gasteiger partial charge in [0.15, 0.2) is 5.78 Å². The molecule has 0 atom stereocenters. The average molecular weight is 233 g/mol. The van der Waals surface area contributed by atoms with Crippen LogP contribution in [0.25, 0.3) is 0 Å². The molecule has 0 aliphatic carbocycles. The Morgan fingerprint density at radius 1 is 1.19 bits per heavy atom. The van der Waals surface area contributed by atoms with E-state index in [1.54, 1.807) is 18.3 Å². The maximum atomic E-state index is 11.8. The van der Waals surface area contributed by atoms with Gasteiger partial charge in [0.05, 0.1) is 6.42 Å². The van der Waals surface area contributed by atoms with Crippen LogP contribution in [0.4, 0.5) is 0 Å². The first-order valence-electron chi connectivity index (χ1n) is 4.80. The van der Waals surface area contributed by atoms with Crippen LogP contribution >= 0.6 is 11.6 Å². The van der Waals surface area contributed by atoms with Gasteiger partial charge >= 0.3 is 0 Å². The van der Waals surface area contributed by atoms with Crippen LogP contribution in [-0.4, -0.2) is 15.8 Å². The van der Waals surface area contributed by atoms with E-state index in [-0.39, 0.29) is 12.2 Å². The van der Waals surface area contributed by atoms with Crippen LogP contribution in [0.5, 0.6) is 0 Å². The van der Waals surface area contributed by atoms with Crippen molar-refractivity contribution in [1.82, 2.24) is 9.97 Å². The van der Waals surface area contributed by atoms with Crippen LogP contribution in [-0.2, 0) is 6.42 Å². The van der Waals surface area contributed by atoms with E-state index in [1.807, 2.05) is 18.2 Å². The summed E-state index contributed by atoms with van der Waals surface area (Å²) in [5.41, 5.74) is 1.10. The summed E-state index contributed by atoms with van der Waals surface area (Å²) in [4.78, 5) is 19.9. The number of carbonyl (C=O) groups is 1. The van der Waals surface area contributed by atoms with Crippen molar-refractivity contribution in [2.75, 3.05) is 0 Å². The van der Waals surface area contributed by atoms with Gasteiger partial charge in [0, 0.05) is 23.1 Å². The number of pyridine rings is 2. The predicted octanol–water partition coefficient (Wildman–Crippen LogP) is 2.56. The Labute approximate surface area is 98.1 Å². The molecule has 4 heteroatoms. The lowest BCUT2D eigenvalue weighted by Crippen LogP contribution is -2.06. The van der Waals surface area contributed by atoms with Crippen LogP contribution in [0.15, 0.2) is 42.7 Å². The van der Waals surface area contributed by atoms with Gasteiger partial charge in [0.1, 0.15) is 5.69 Å². The fraction of sp³-hybridized carbons (Fsp3) is 0.0833. The third-order valence-electron chi connectivity index (χ3n) is 2.08. The molecule has 0 radical (unpaired) electrons. The summed E-state index contributed by atoms with van der Waals surface area (Å²) in [6, 6.07) is 8.67. The number of aromatic nitrogens is 2. The van der Waals surface area contributed by atoms with Gasteiger partial charge in [-0.2, -0.15) is 0 Å². The van der Waals surface area contributed by atoms with Crippen molar-refractivity contribution < 1.29 is 4.79 Å². The van der Waals surface area contributed by atoms with Gasteiger partial charge in [-0.15, -0.1) is 0 Å². The van der Waals surface area contributed by atoms with E-state index in [0.29, 0.717) is 10.7 Å². The van der Waals surface area contributed by atoms with E-state index in [0.717, 1.165) is 5.69 Å². The number of hydrogen-bond donors (Lipinski definition) is 0. The highest BCUT2D eigenvalue weighted by Crippen LogP contribution is 2.10. The molecule has 2 aromatic rings. The van der Waals surface area contributed by atoms with Gasteiger partial charge in [-0.1, -0.05) is 17.7 Å². The normalized spacial score (nSPS) is 10.1. The molecular formula is C12H9ClN2O. The standard InChI is InChI=1S/C12H9ClN2O/c13-9-4-6-15-11(7-9)12(16)8-10-3-1-2-5-14-10/h1-7H,8H2. The van der Waals surface area contributed by atoms with E-state index >= 15 is 0 Å². The lowest BCUT2D eigenvalue weighted by atomic mass is 10.1. The molecule has 16 heavy (non-hydrogen) atoms. The minimum absolute atomic E-state index is 0.0822. The van der Waals surface area contributed by atoms with Crippen molar-refractivity contribution in [2.24, 2.45) is 0 Å². The highest BCUT2D eigenvalue weighted by atomic mass is 35.5. The number of carbonyl (C=O) groups excluding carboxylic acids is 1. The lowest BCUT2D eigenvalue weighted by molar-refractivity contribution is 0.0987. The van der Waals surface area contributed by atoms with E-state index in [4.69, 9.17) is 11.6 Å². The highest BCUT2D eigenvalue weighted by molar-refractivity contribution is 6.30. The fourth-order valence-corrected chi connectivity index (χ4v) is 1.47. The largest absolute Gasteiger partial charge is 0.292 e. The second-order valence-corrected chi connectivity index (χ2v) is 3.72. The molecule has 0 spiro atoms. The molecule has 2 aromatic heterocycles. The summed E-state index contributed by atoms with van der Waals surface area (Å²) in [5.74, 6) is -0.0822. The van der Waals surface area contributed by atoms with E-state index < -0.39 is 0 Å². The first kappa shape index (κ1) is 10.8. The van der Waals surface area contributed by atoms with Gasteiger partial charge in [-0.3, -0.25) is 14.8 Å². The summed E-state index contributed by atoms with van der Waals surface area (Å²) in [7, 11) is 0. The SMILES string of the molecule is O=C(Cc1ccccn1)c1cc(Cl)ccn1. The topological polar surface area (TPSA) is 42.9 Å². The van der Waals surface area contributed by atoms with Gasteiger partial charge < -0.3 is 0 Å². The van der Waals surface area contributed by atoms with E-state index in [2.05, 4.69) is 9.97 Å². The molecule has 0 fully saturated rings. The zero-order valence-electron chi connectivity index (χ0n) is 8.43. The Balaban J connectivity index is 2.15. The number of halogens is 1. The molecule has 0 N–H and O–H groups in total. The van der Waals surface area contributed by atoms with Crippen LogP contribution in [0.2, 0.25) is 5.02 Å². The molecule has 2 rings (SSSR count). The van der Waals surface area contributed by atoms with Gasteiger partial charge in [-0.25, -0.2) is 0 Å². The number of ketones is 1.